The minimum absolute atomic E-state index is 0.258. The molecule has 0 aliphatic heterocycles. The number of hydrogen-bond acceptors (Lipinski definition) is 2. The summed E-state index contributed by atoms with van der Waals surface area (Å²) in [5.74, 6) is 0. The second-order valence-electron chi connectivity index (χ2n) is 7.60. The average Bonchev–Trinajstić information content (AvgIpc) is 3.02. The van der Waals surface area contributed by atoms with Crippen LogP contribution in [0.3, 0.4) is 0 Å². The van der Waals surface area contributed by atoms with Crippen molar-refractivity contribution in [3.63, 3.8) is 0 Å². The van der Waals surface area contributed by atoms with Gasteiger partial charge in [-0.1, -0.05) is 93.7 Å². The van der Waals surface area contributed by atoms with Crippen LogP contribution in [0, 0.1) is 5.41 Å². The molecule has 144 valence electrons. The monoisotopic (exact) mass is 356 g/mol. The van der Waals surface area contributed by atoms with Crippen molar-refractivity contribution in [1.82, 2.24) is 0 Å². The molecule has 1 aliphatic rings. The van der Waals surface area contributed by atoms with Crippen LogP contribution in [-0.4, -0.2) is 17.8 Å². The molecule has 0 heterocycles. The van der Waals surface area contributed by atoms with Crippen LogP contribution in [0.5, 0.6) is 0 Å². The van der Waals surface area contributed by atoms with Gasteiger partial charge in [0.1, 0.15) is 0 Å². The Labute approximate surface area is 160 Å². The van der Waals surface area contributed by atoms with Gasteiger partial charge >= 0.3 is 0 Å². The molecule has 2 rings (SSSR count). The Hall–Kier alpha value is -1.38. The van der Waals surface area contributed by atoms with Gasteiger partial charge in [0.15, 0.2) is 0 Å². The number of unbranched alkanes of at least 4 members (excludes halogenated alkanes) is 6. The van der Waals surface area contributed by atoms with Crippen LogP contribution in [0.1, 0.15) is 70.3 Å². The lowest BCUT2D eigenvalue weighted by Gasteiger charge is -2.30. The molecule has 2 heteroatoms. The highest BCUT2D eigenvalue weighted by Crippen LogP contribution is 2.37. The maximum Gasteiger partial charge on any atom is 0.0717 e. The summed E-state index contributed by atoms with van der Waals surface area (Å²) in [6.45, 7) is 3.43. The largest absolute Gasteiger partial charge is 0.392 e. The molecular formula is C24H36O2. The summed E-state index contributed by atoms with van der Waals surface area (Å²) < 4.78 is 5.97. The van der Waals surface area contributed by atoms with Crippen molar-refractivity contribution in [1.29, 1.82) is 0 Å². The predicted molar refractivity (Wildman–Crippen MR) is 110 cm³/mol. The summed E-state index contributed by atoms with van der Waals surface area (Å²) in [7, 11) is 0. The van der Waals surface area contributed by atoms with Crippen LogP contribution in [0.2, 0.25) is 0 Å². The quantitative estimate of drug-likeness (QED) is 0.336. The number of allylic oxidation sites excluding steroid dienone is 2. The fourth-order valence-corrected chi connectivity index (χ4v) is 3.58. The van der Waals surface area contributed by atoms with Crippen molar-refractivity contribution in [2.75, 3.05) is 6.61 Å². The Morgan fingerprint density at radius 2 is 1.85 bits per heavy atom. The van der Waals surface area contributed by atoms with E-state index in [1.165, 1.54) is 44.1 Å². The third kappa shape index (κ3) is 7.09. The number of hydrogen-bond donors (Lipinski definition) is 1. The molecule has 2 atom stereocenters. The van der Waals surface area contributed by atoms with Crippen molar-refractivity contribution < 1.29 is 9.84 Å². The highest BCUT2D eigenvalue weighted by molar-refractivity contribution is 5.16. The Bertz CT molecular complexity index is 534. The molecule has 0 aromatic heterocycles. The van der Waals surface area contributed by atoms with Gasteiger partial charge in [-0.3, -0.25) is 0 Å². The van der Waals surface area contributed by atoms with E-state index < -0.39 is 0 Å². The van der Waals surface area contributed by atoms with Gasteiger partial charge in [0.25, 0.3) is 0 Å². The van der Waals surface area contributed by atoms with Gasteiger partial charge in [0, 0.05) is 5.41 Å². The highest BCUT2D eigenvalue weighted by Gasteiger charge is 2.37. The maximum absolute atomic E-state index is 10.5. The molecule has 26 heavy (non-hydrogen) atoms. The molecule has 0 fully saturated rings. The van der Waals surface area contributed by atoms with Crippen LogP contribution < -0.4 is 0 Å². The smallest absolute Gasteiger partial charge is 0.0717 e. The van der Waals surface area contributed by atoms with Crippen molar-refractivity contribution in [3.05, 3.63) is 60.2 Å². The van der Waals surface area contributed by atoms with E-state index in [1.54, 1.807) is 0 Å². The third-order valence-electron chi connectivity index (χ3n) is 5.34. The first-order valence-corrected chi connectivity index (χ1v) is 10.4. The van der Waals surface area contributed by atoms with E-state index in [1.807, 2.05) is 18.2 Å². The molecule has 1 aromatic carbocycles. The second-order valence-corrected chi connectivity index (χ2v) is 7.60. The lowest BCUT2D eigenvalue weighted by atomic mass is 9.82. The van der Waals surface area contributed by atoms with Crippen molar-refractivity contribution in [2.45, 2.75) is 77.4 Å². The molecule has 1 aliphatic carbocycles. The molecule has 0 saturated heterocycles. The topological polar surface area (TPSA) is 29.5 Å². The van der Waals surface area contributed by atoms with Gasteiger partial charge in [-0.25, -0.2) is 0 Å². The molecule has 0 unspecified atom stereocenters. The van der Waals surface area contributed by atoms with E-state index in [9.17, 15) is 5.11 Å². The summed E-state index contributed by atoms with van der Waals surface area (Å²) in [6.07, 6.45) is 19.2. The van der Waals surface area contributed by atoms with Crippen LogP contribution >= 0.6 is 0 Å². The highest BCUT2D eigenvalue weighted by atomic mass is 16.5. The molecule has 1 aromatic rings. The molecule has 1 N–H and O–H groups in total. The fourth-order valence-electron chi connectivity index (χ4n) is 3.58. The SMILES string of the molecule is CCCCCCCC/C=C\C[C@]1(COCc2ccccc2)C=CC[C@H]1O. The molecule has 0 saturated carbocycles. The standard InChI is InChI=1S/C24H36O2/c1-2-3-4-5-6-7-8-9-13-18-24(19-14-17-23(24)25)21-26-20-22-15-11-10-12-16-22/h9-16,19,23,25H,2-8,17-18,20-21H2,1H3/b13-9-/t23-,24-/m1/s1. The van der Waals surface area contributed by atoms with Crippen molar-refractivity contribution in [2.24, 2.45) is 5.41 Å². The zero-order valence-corrected chi connectivity index (χ0v) is 16.4. The second kappa shape index (κ2) is 12.1. The Balaban J connectivity index is 1.71. The number of benzene rings is 1. The van der Waals surface area contributed by atoms with Crippen LogP contribution in [0.4, 0.5) is 0 Å². The van der Waals surface area contributed by atoms with E-state index in [-0.39, 0.29) is 11.5 Å². The molecule has 2 nitrogen and oxygen atoms in total. The van der Waals surface area contributed by atoms with Crippen LogP contribution in [0.25, 0.3) is 0 Å². The van der Waals surface area contributed by atoms with E-state index >= 15 is 0 Å². The predicted octanol–water partition coefficient (Wildman–Crippen LogP) is 6.21. The lowest BCUT2D eigenvalue weighted by molar-refractivity contribution is -0.0115. The van der Waals surface area contributed by atoms with E-state index in [4.69, 9.17) is 4.74 Å². The fraction of sp³-hybridized carbons (Fsp3) is 0.583. The summed E-state index contributed by atoms with van der Waals surface area (Å²) in [6, 6.07) is 10.2. The Kier molecular flexibility index (Phi) is 9.73. The number of aliphatic hydroxyl groups excluding tert-OH is 1. The molecule has 0 bridgehead atoms. The first kappa shape index (κ1) is 20.9. The maximum atomic E-state index is 10.5. The van der Waals surface area contributed by atoms with E-state index in [2.05, 4.69) is 43.4 Å². The first-order valence-electron chi connectivity index (χ1n) is 10.4. The molecule has 0 radical (unpaired) electrons. The minimum Gasteiger partial charge on any atom is -0.392 e. The summed E-state index contributed by atoms with van der Waals surface area (Å²) in [4.78, 5) is 0. The summed E-state index contributed by atoms with van der Waals surface area (Å²) in [5.41, 5.74) is 0.921. The Morgan fingerprint density at radius 1 is 1.08 bits per heavy atom. The molecule has 0 amide bonds. The third-order valence-corrected chi connectivity index (χ3v) is 5.34. The Morgan fingerprint density at radius 3 is 2.58 bits per heavy atom. The molecule has 0 spiro atoms. The summed E-state index contributed by atoms with van der Waals surface area (Å²) in [5, 5.41) is 10.5. The van der Waals surface area contributed by atoms with Crippen LogP contribution in [-0.2, 0) is 11.3 Å². The van der Waals surface area contributed by atoms with Gasteiger partial charge in [-0.05, 0) is 31.2 Å². The zero-order chi connectivity index (χ0) is 18.5. The van der Waals surface area contributed by atoms with Crippen LogP contribution in [0.15, 0.2) is 54.6 Å². The lowest BCUT2D eigenvalue weighted by Crippen LogP contribution is -2.34. The van der Waals surface area contributed by atoms with Gasteiger partial charge in [0.2, 0.25) is 0 Å². The zero-order valence-electron chi connectivity index (χ0n) is 16.4. The number of rotatable bonds is 13. The van der Waals surface area contributed by atoms with Crippen molar-refractivity contribution in [3.8, 4) is 0 Å². The first-order chi connectivity index (χ1) is 12.8. The normalized spacial score (nSPS) is 22.5. The minimum atomic E-state index is -0.336. The van der Waals surface area contributed by atoms with E-state index in [0.717, 1.165) is 19.3 Å². The van der Waals surface area contributed by atoms with E-state index in [0.29, 0.717) is 13.2 Å². The molecular weight excluding hydrogens is 320 g/mol. The average molecular weight is 357 g/mol. The van der Waals surface area contributed by atoms with Crippen molar-refractivity contribution >= 4 is 0 Å². The number of aliphatic hydroxyl groups is 1. The van der Waals surface area contributed by atoms with Gasteiger partial charge in [0.05, 0.1) is 19.3 Å². The van der Waals surface area contributed by atoms with Gasteiger partial charge in [-0.2, -0.15) is 0 Å². The number of ether oxygens (including phenoxy) is 1. The van der Waals surface area contributed by atoms with Gasteiger partial charge < -0.3 is 9.84 Å². The van der Waals surface area contributed by atoms with Gasteiger partial charge in [-0.15, -0.1) is 0 Å². The summed E-state index contributed by atoms with van der Waals surface area (Å²) >= 11 is 0.